The number of rotatable bonds is 7. The van der Waals surface area contributed by atoms with Gasteiger partial charge in [-0.1, -0.05) is 31.2 Å². The Labute approximate surface area is 185 Å². The van der Waals surface area contributed by atoms with Crippen LogP contribution in [0.25, 0.3) is 12.2 Å². The van der Waals surface area contributed by atoms with E-state index in [0.29, 0.717) is 23.5 Å². The predicted octanol–water partition coefficient (Wildman–Crippen LogP) is 4.90. The van der Waals surface area contributed by atoms with Crippen LogP contribution in [0.1, 0.15) is 23.6 Å². The number of benzene rings is 3. The lowest BCUT2D eigenvalue weighted by Gasteiger charge is -2.09. The van der Waals surface area contributed by atoms with Gasteiger partial charge in [-0.3, -0.25) is 0 Å². The van der Waals surface area contributed by atoms with Crippen LogP contribution in [0.4, 0.5) is 0 Å². The summed E-state index contributed by atoms with van der Waals surface area (Å²) in [4.78, 5) is 24.2. The first-order valence-corrected chi connectivity index (χ1v) is 9.93. The molecule has 3 aromatic rings. The van der Waals surface area contributed by atoms with E-state index in [1.165, 1.54) is 36.4 Å². The highest BCUT2D eigenvalue weighted by Crippen LogP contribution is 2.25. The van der Waals surface area contributed by atoms with Crippen molar-refractivity contribution in [3.63, 3.8) is 0 Å². The van der Waals surface area contributed by atoms with Gasteiger partial charge in [-0.15, -0.1) is 0 Å². The first-order valence-electron chi connectivity index (χ1n) is 9.93. The fourth-order valence-electron chi connectivity index (χ4n) is 2.79. The Hall–Kier alpha value is -4.32. The highest BCUT2D eigenvalue weighted by molar-refractivity contribution is 5.89. The first kappa shape index (κ1) is 22.4. The highest BCUT2D eigenvalue weighted by atomic mass is 16.5. The lowest BCUT2D eigenvalue weighted by Crippen LogP contribution is -2.07. The van der Waals surface area contributed by atoms with Gasteiger partial charge in [-0.05, 0) is 77.7 Å². The molecule has 32 heavy (non-hydrogen) atoms. The van der Waals surface area contributed by atoms with E-state index in [1.54, 1.807) is 54.6 Å². The normalized spacial score (nSPS) is 11.0. The zero-order valence-electron chi connectivity index (χ0n) is 17.4. The van der Waals surface area contributed by atoms with Crippen LogP contribution < -0.4 is 9.47 Å². The molecule has 0 saturated heterocycles. The molecule has 2 N–H and O–H groups in total. The molecule has 0 spiro atoms. The molecule has 0 radical (unpaired) electrons. The minimum atomic E-state index is -0.554. The van der Waals surface area contributed by atoms with Gasteiger partial charge in [0.25, 0.3) is 0 Å². The maximum atomic E-state index is 12.2. The minimum absolute atomic E-state index is 0.147. The summed E-state index contributed by atoms with van der Waals surface area (Å²) < 4.78 is 10.7. The van der Waals surface area contributed by atoms with Crippen molar-refractivity contribution in [1.82, 2.24) is 0 Å². The Morgan fingerprint density at radius 3 is 1.75 bits per heavy atom. The van der Waals surface area contributed by atoms with Crippen LogP contribution >= 0.6 is 0 Å². The van der Waals surface area contributed by atoms with Crippen LogP contribution in [0, 0.1) is 0 Å². The predicted molar refractivity (Wildman–Crippen MR) is 121 cm³/mol. The molecule has 0 atom stereocenters. The number of phenolic OH excluding ortho intramolecular Hbond substituents is 2. The van der Waals surface area contributed by atoms with Crippen molar-refractivity contribution in [1.29, 1.82) is 0 Å². The second-order valence-corrected chi connectivity index (χ2v) is 6.82. The zero-order valence-corrected chi connectivity index (χ0v) is 17.4. The summed E-state index contributed by atoms with van der Waals surface area (Å²) >= 11 is 0. The van der Waals surface area contributed by atoms with Crippen molar-refractivity contribution in [2.24, 2.45) is 0 Å². The number of hydrogen-bond acceptors (Lipinski definition) is 6. The third-order valence-electron chi connectivity index (χ3n) is 4.45. The molecule has 0 unspecified atom stereocenters. The van der Waals surface area contributed by atoms with Crippen LogP contribution in [-0.4, -0.2) is 22.2 Å². The third-order valence-corrected chi connectivity index (χ3v) is 4.45. The van der Waals surface area contributed by atoms with Gasteiger partial charge >= 0.3 is 11.9 Å². The van der Waals surface area contributed by atoms with E-state index in [0.717, 1.165) is 11.1 Å². The summed E-state index contributed by atoms with van der Waals surface area (Å²) in [5.41, 5.74) is 2.21. The molecule has 0 saturated carbocycles. The number of esters is 2. The molecule has 3 aromatic carbocycles. The Morgan fingerprint density at radius 1 is 0.750 bits per heavy atom. The average Bonchev–Trinajstić information content (AvgIpc) is 2.79. The second kappa shape index (κ2) is 10.6. The average molecular weight is 430 g/mol. The molecule has 0 aliphatic heterocycles. The van der Waals surface area contributed by atoms with Gasteiger partial charge < -0.3 is 19.7 Å². The summed E-state index contributed by atoms with van der Waals surface area (Å²) in [6.07, 6.45) is 6.33. The number of aromatic hydroxyl groups is 2. The first-order chi connectivity index (χ1) is 15.4. The van der Waals surface area contributed by atoms with E-state index < -0.39 is 11.9 Å². The Balaban J connectivity index is 1.62. The molecule has 0 amide bonds. The monoisotopic (exact) mass is 430 g/mol. The van der Waals surface area contributed by atoms with E-state index in [-0.39, 0.29) is 11.5 Å². The summed E-state index contributed by atoms with van der Waals surface area (Å²) in [6, 6.07) is 17.6. The molecule has 0 bridgehead atoms. The van der Waals surface area contributed by atoms with Crippen molar-refractivity contribution in [2.75, 3.05) is 0 Å². The second-order valence-electron chi connectivity index (χ2n) is 6.82. The van der Waals surface area contributed by atoms with Crippen LogP contribution in [0.15, 0.2) is 78.9 Å². The van der Waals surface area contributed by atoms with Crippen LogP contribution in [-0.2, 0) is 16.0 Å². The van der Waals surface area contributed by atoms with Gasteiger partial charge in [0.1, 0.15) is 23.0 Å². The molecule has 0 heterocycles. The Kier molecular flexibility index (Phi) is 7.43. The van der Waals surface area contributed by atoms with E-state index in [9.17, 15) is 19.8 Å². The molecule has 0 aliphatic carbocycles. The topological polar surface area (TPSA) is 93.1 Å². The number of aryl methyl sites for hydroxylation is 1. The quantitative estimate of drug-likeness (QED) is 0.315. The molecule has 162 valence electrons. The van der Waals surface area contributed by atoms with E-state index in [1.807, 2.05) is 6.92 Å². The lowest BCUT2D eigenvalue weighted by atomic mass is 10.1. The molecule has 6 nitrogen and oxygen atoms in total. The van der Waals surface area contributed by atoms with Crippen molar-refractivity contribution >= 4 is 24.1 Å². The van der Waals surface area contributed by atoms with E-state index in [2.05, 4.69) is 0 Å². The van der Waals surface area contributed by atoms with Crippen molar-refractivity contribution in [3.8, 4) is 23.0 Å². The smallest absolute Gasteiger partial charge is 0.336 e. The van der Waals surface area contributed by atoms with Gasteiger partial charge in [0, 0.05) is 12.2 Å². The number of ether oxygens (including phenoxy) is 2. The summed E-state index contributed by atoms with van der Waals surface area (Å²) in [6.45, 7) is 1.90. The van der Waals surface area contributed by atoms with Crippen LogP contribution in [0.2, 0.25) is 0 Å². The summed E-state index contributed by atoms with van der Waals surface area (Å²) in [5, 5.41) is 18.6. The molecule has 0 aromatic heterocycles. The van der Waals surface area contributed by atoms with Gasteiger partial charge in [-0.25, -0.2) is 9.59 Å². The van der Waals surface area contributed by atoms with Gasteiger partial charge in [-0.2, -0.15) is 0 Å². The molecule has 0 fully saturated rings. The summed E-state index contributed by atoms with van der Waals surface area (Å²) in [5.74, 6) is -0.0904. The van der Waals surface area contributed by atoms with Gasteiger partial charge in [0.15, 0.2) is 0 Å². The van der Waals surface area contributed by atoms with Crippen molar-refractivity contribution in [2.45, 2.75) is 13.3 Å². The van der Waals surface area contributed by atoms with E-state index in [4.69, 9.17) is 9.47 Å². The maximum absolute atomic E-state index is 12.2. The lowest BCUT2D eigenvalue weighted by molar-refractivity contribution is -0.130. The number of carbonyl (C=O) groups is 2. The highest BCUT2D eigenvalue weighted by Gasteiger charge is 2.10. The number of hydrogen-bond donors (Lipinski definition) is 2. The molecule has 0 aliphatic rings. The zero-order chi connectivity index (χ0) is 22.9. The molecule has 3 rings (SSSR count). The fourth-order valence-corrected chi connectivity index (χ4v) is 2.79. The van der Waals surface area contributed by atoms with Crippen LogP contribution in [0.3, 0.4) is 0 Å². The molecular formula is C26H22O6. The SMILES string of the molecule is CCc1cc(OC(=O)/C=C/c2ccc(O)cc2)ccc1OC(=O)/C=C/c1ccc(O)cc1. The van der Waals surface area contributed by atoms with Gasteiger partial charge in [0.05, 0.1) is 0 Å². The van der Waals surface area contributed by atoms with E-state index >= 15 is 0 Å². The van der Waals surface area contributed by atoms with Crippen molar-refractivity contribution < 1.29 is 29.3 Å². The number of carbonyl (C=O) groups excluding carboxylic acids is 2. The van der Waals surface area contributed by atoms with Gasteiger partial charge in [0.2, 0.25) is 0 Å². The maximum Gasteiger partial charge on any atom is 0.336 e. The Morgan fingerprint density at radius 2 is 1.25 bits per heavy atom. The summed E-state index contributed by atoms with van der Waals surface area (Å²) in [7, 11) is 0. The van der Waals surface area contributed by atoms with Crippen LogP contribution in [0.5, 0.6) is 23.0 Å². The molecule has 6 heteroatoms. The van der Waals surface area contributed by atoms with Crippen molar-refractivity contribution in [3.05, 3.63) is 95.6 Å². The number of phenols is 2. The Bertz CT molecular complexity index is 1140. The minimum Gasteiger partial charge on any atom is -0.508 e. The fraction of sp³-hybridized carbons (Fsp3) is 0.0769. The third kappa shape index (κ3) is 6.60. The largest absolute Gasteiger partial charge is 0.508 e. The standard InChI is InChI=1S/C26H22O6/c1-2-20-17-23(31-25(29)15-7-18-3-9-21(27)10-4-18)13-14-24(20)32-26(30)16-8-19-5-11-22(28)12-6-19/h3-17,27-28H,2H2,1H3/b15-7+,16-8+. The molecular weight excluding hydrogens is 408 g/mol.